The minimum atomic E-state index is -0.680. The minimum absolute atomic E-state index is 0.244. The molecule has 17 heavy (non-hydrogen) atoms. The maximum Gasteiger partial charge on any atom is 0.176 e. The molecular weight excluding hydrogens is 262 g/mol. The molecule has 0 amide bonds. The van der Waals surface area contributed by atoms with E-state index in [0.717, 1.165) is 0 Å². The molecular formula is C12H5Cl2FN2. The third kappa shape index (κ3) is 2.38. The van der Waals surface area contributed by atoms with Gasteiger partial charge in [-0.1, -0.05) is 23.2 Å². The van der Waals surface area contributed by atoms with Crippen LogP contribution in [-0.2, 0) is 0 Å². The van der Waals surface area contributed by atoms with Gasteiger partial charge in [0.15, 0.2) is 11.5 Å². The molecule has 1 aromatic carbocycles. The molecule has 84 valence electrons. The van der Waals surface area contributed by atoms with Gasteiger partial charge in [0.2, 0.25) is 0 Å². The van der Waals surface area contributed by atoms with Crippen LogP contribution in [0.5, 0.6) is 0 Å². The Morgan fingerprint density at radius 2 is 2.00 bits per heavy atom. The molecule has 1 aromatic heterocycles. The SMILES string of the molecule is N#Cc1ncc(-c2cc(Cl)ccc2Cl)cc1F. The normalized spacial score (nSPS) is 10.0. The Kier molecular flexibility index (Phi) is 3.28. The van der Waals surface area contributed by atoms with Gasteiger partial charge in [-0.05, 0) is 24.3 Å². The first-order valence-corrected chi connectivity index (χ1v) is 5.38. The smallest absolute Gasteiger partial charge is 0.176 e. The van der Waals surface area contributed by atoms with Gasteiger partial charge < -0.3 is 0 Å². The summed E-state index contributed by atoms with van der Waals surface area (Å²) in [7, 11) is 0. The Hall–Kier alpha value is -1.63. The number of nitriles is 1. The predicted octanol–water partition coefficient (Wildman–Crippen LogP) is 4.07. The molecule has 2 rings (SSSR count). The second-order valence-electron chi connectivity index (χ2n) is 3.29. The summed E-state index contributed by atoms with van der Waals surface area (Å²) in [5, 5.41) is 9.52. The first-order valence-electron chi connectivity index (χ1n) is 4.63. The zero-order chi connectivity index (χ0) is 12.4. The van der Waals surface area contributed by atoms with Crippen LogP contribution in [0.4, 0.5) is 4.39 Å². The van der Waals surface area contributed by atoms with E-state index in [1.165, 1.54) is 12.3 Å². The van der Waals surface area contributed by atoms with E-state index in [2.05, 4.69) is 4.98 Å². The molecule has 5 heteroatoms. The Morgan fingerprint density at radius 1 is 1.24 bits per heavy atom. The molecule has 0 aliphatic carbocycles. The number of nitrogens with zero attached hydrogens (tertiary/aromatic N) is 2. The molecule has 0 spiro atoms. The van der Waals surface area contributed by atoms with Crippen LogP contribution in [0.15, 0.2) is 30.5 Å². The summed E-state index contributed by atoms with van der Waals surface area (Å²) in [6, 6.07) is 7.74. The molecule has 0 saturated carbocycles. The van der Waals surface area contributed by atoms with E-state index in [1.807, 2.05) is 0 Å². The van der Waals surface area contributed by atoms with Crippen LogP contribution in [0.25, 0.3) is 11.1 Å². The van der Waals surface area contributed by atoms with Crippen molar-refractivity contribution in [3.8, 4) is 17.2 Å². The van der Waals surface area contributed by atoms with Gasteiger partial charge in [0.25, 0.3) is 0 Å². The maximum atomic E-state index is 13.4. The largest absolute Gasteiger partial charge is 0.242 e. The summed E-state index contributed by atoms with van der Waals surface area (Å²) in [5.74, 6) is -0.680. The summed E-state index contributed by atoms with van der Waals surface area (Å²) < 4.78 is 13.4. The fourth-order valence-electron chi connectivity index (χ4n) is 1.39. The molecule has 0 aliphatic rings. The summed E-state index contributed by atoms with van der Waals surface area (Å²) in [5.41, 5.74) is 0.816. The van der Waals surface area contributed by atoms with Gasteiger partial charge in [-0.2, -0.15) is 5.26 Å². The number of hydrogen-bond donors (Lipinski definition) is 0. The van der Waals surface area contributed by atoms with Gasteiger partial charge in [0.1, 0.15) is 6.07 Å². The van der Waals surface area contributed by atoms with Crippen LogP contribution in [0.1, 0.15) is 5.69 Å². The topological polar surface area (TPSA) is 36.7 Å². The van der Waals surface area contributed by atoms with Crippen LogP contribution in [0.2, 0.25) is 10.0 Å². The zero-order valence-electron chi connectivity index (χ0n) is 8.42. The van der Waals surface area contributed by atoms with Crippen molar-refractivity contribution in [2.45, 2.75) is 0 Å². The molecule has 0 fully saturated rings. The number of pyridine rings is 1. The third-order valence-corrected chi connectivity index (χ3v) is 2.75. The number of hydrogen-bond acceptors (Lipinski definition) is 2. The number of benzene rings is 1. The summed E-state index contributed by atoms with van der Waals surface area (Å²) in [4.78, 5) is 3.71. The van der Waals surface area contributed by atoms with Crippen molar-refractivity contribution in [2.75, 3.05) is 0 Å². The van der Waals surface area contributed by atoms with Crippen LogP contribution in [-0.4, -0.2) is 4.98 Å². The van der Waals surface area contributed by atoms with E-state index in [9.17, 15) is 4.39 Å². The van der Waals surface area contributed by atoms with E-state index >= 15 is 0 Å². The third-order valence-electron chi connectivity index (χ3n) is 2.19. The predicted molar refractivity (Wildman–Crippen MR) is 64.4 cm³/mol. The van der Waals surface area contributed by atoms with Crippen molar-refractivity contribution in [2.24, 2.45) is 0 Å². The van der Waals surface area contributed by atoms with E-state index in [1.54, 1.807) is 24.3 Å². The molecule has 0 radical (unpaired) electrons. The highest BCUT2D eigenvalue weighted by atomic mass is 35.5. The van der Waals surface area contributed by atoms with Crippen molar-refractivity contribution < 1.29 is 4.39 Å². The number of aromatic nitrogens is 1. The fraction of sp³-hybridized carbons (Fsp3) is 0. The Bertz CT molecular complexity index is 620. The van der Waals surface area contributed by atoms with Crippen LogP contribution in [0, 0.1) is 17.1 Å². The molecule has 0 atom stereocenters. The van der Waals surface area contributed by atoms with Crippen molar-refractivity contribution in [3.63, 3.8) is 0 Å². The average molecular weight is 267 g/mol. The number of halogens is 3. The molecule has 0 N–H and O–H groups in total. The molecule has 0 saturated heterocycles. The van der Waals surface area contributed by atoms with E-state index in [-0.39, 0.29) is 5.69 Å². The van der Waals surface area contributed by atoms with Crippen molar-refractivity contribution in [3.05, 3.63) is 52.0 Å². The summed E-state index contributed by atoms with van der Waals surface area (Å²) in [6.45, 7) is 0. The van der Waals surface area contributed by atoms with Gasteiger partial charge in [0.05, 0.1) is 0 Å². The van der Waals surface area contributed by atoms with Gasteiger partial charge in [-0.25, -0.2) is 9.37 Å². The van der Waals surface area contributed by atoms with Gasteiger partial charge >= 0.3 is 0 Å². The lowest BCUT2D eigenvalue weighted by Gasteiger charge is -2.05. The fourth-order valence-corrected chi connectivity index (χ4v) is 1.78. The minimum Gasteiger partial charge on any atom is -0.242 e. The first-order chi connectivity index (χ1) is 8.11. The molecule has 2 aromatic rings. The van der Waals surface area contributed by atoms with E-state index in [0.29, 0.717) is 21.2 Å². The van der Waals surface area contributed by atoms with Crippen LogP contribution < -0.4 is 0 Å². The molecule has 0 unspecified atom stereocenters. The van der Waals surface area contributed by atoms with Crippen LogP contribution >= 0.6 is 23.2 Å². The highest BCUT2D eigenvalue weighted by molar-refractivity contribution is 6.35. The lowest BCUT2D eigenvalue weighted by atomic mass is 10.1. The van der Waals surface area contributed by atoms with E-state index < -0.39 is 5.82 Å². The lowest BCUT2D eigenvalue weighted by molar-refractivity contribution is 0.617. The molecule has 2 nitrogen and oxygen atoms in total. The highest BCUT2D eigenvalue weighted by Gasteiger charge is 2.09. The van der Waals surface area contributed by atoms with Crippen molar-refractivity contribution >= 4 is 23.2 Å². The first kappa shape index (κ1) is 11.8. The Labute approximate surface area is 107 Å². The van der Waals surface area contributed by atoms with Crippen LogP contribution in [0.3, 0.4) is 0 Å². The molecule has 1 heterocycles. The van der Waals surface area contributed by atoms with E-state index in [4.69, 9.17) is 28.5 Å². The quantitative estimate of drug-likeness (QED) is 0.780. The van der Waals surface area contributed by atoms with Crippen molar-refractivity contribution in [1.82, 2.24) is 4.98 Å². The Balaban J connectivity index is 2.58. The second-order valence-corrected chi connectivity index (χ2v) is 4.13. The molecule has 0 bridgehead atoms. The second kappa shape index (κ2) is 4.70. The lowest BCUT2D eigenvalue weighted by Crippen LogP contribution is -1.91. The molecule has 0 aliphatic heterocycles. The summed E-state index contributed by atoms with van der Waals surface area (Å²) in [6.07, 6.45) is 1.39. The Morgan fingerprint density at radius 3 is 2.65 bits per heavy atom. The summed E-state index contributed by atoms with van der Waals surface area (Å²) >= 11 is 11.8. The highest BCUT2D eigenvalue weighted by Crippen LogP contribution is 2.30. The maximum absolute atomic E-state index is 13.4. The average Bonchev–Trinajstić information content (AvgIpc) is 2.32. The van der Waals surface area contributed by atoms with Crippen molar-refractivity contribution in [1.29, 1.82) is 5.26 Å². The van der Waals surface area contributed by atoms with Gasteiger partial charge in [-0.3, -0.25) is 0 Å². The number of rotatable bonds is 1. The van der Waals surface area contributed by atoms with Gasteiger partial charge in [-0.15, -0.1) is 0 Å². The van der Waals surface area contributed by atoms with Gasteiger partial charge in [0, 0.05) is 27.4 Å². The monoisotopic (exact) mass is 266 g/mol. The zero-order valence-corrected chi connectivity index (χ0v) is 9.93. The standard InChI is InChI=1S/C12H5Cl2FN2/c13-8-1-2-10(14)9(4-8)7-3-11(15)12(5-16)17-6-7/h1-4,6H.